The number of nitrogens with one attached hydrogen (secondary N) is 2. The van der Waals surface area contributed by atoms with Crippen molar-refractivity contribution in [3.63, 3.8) is 0 Å². The predicted octanol–water partition coefficient (Wildman–Crippen LogP) is 6.35. The molecule has 1 aromatic heterocycles. The predicted molar refractivity (Wildman–Crippen MR) is 138 cm³/mol. The van der Waals surface area contributed by atoms with Crippen LogP contribution in [0.4, 0.5) is 5.69 Å². The molecule has 6 nitrogen and oxygen atoms in total. The maximum absolute atomic E-state index is 13.0. The number of amides is 2. The number of hydrogen-bond acceptors (Lipinski definition) is 4. The van der Waals surface area contributed by atoms with Gasteiger partial charge in [0, 0.05) is 29.4 Å². The van der Waals surface area contributed by atoms with Gasteiger partial charge in [-0.15, -0.1) is 0 Å². The Morgan fingerprint density at radius 1 is 0.857 bits per heavy atom. The number of carbonyl (C=O) groups is 2. The van der Waals surface area contributed by atoms with E-state index in [9.17, 15) is 9.59 Å². The molecule has 0 bridgehead atoms. The van der Waals surface area contributed by atoms with Gasteiger partial charge in [-0.1, -0.05) is 74.5 Å². The molecule has 0 aliphatic carbocycles. The largest absolute Gasteiger partial charge is 0.350 e. The Bertz CT molecular complexity index is 1350. The minimum Gasteiger partial charge on any atom is -0.350 e. The topological polar surface area (TPSA) is 84.2 Å². The molecule has 0 aliphatic heterocycles. The summed E-state index contributed by atoms with van der Waals surface area (Å²) in [5.41, 5.74) is 5.43. The van der Waals surface area contributed by atoms with Crippen LogP contribution < -0.4 is 10.6 Å². The molecule has 35 heavy (non-hydrogen) atoms. The zero-order chi connectivity index (χ0) is 25.0. The van der Waals surface area contributed by atoms with Crippen molar-refractivity contribution in [2.75, 3.05) is 11.9 Å². The van der Waals surface area contributed by atoms with Crippen molar-refractivity contribution in [2.24, 2.45) is 5.41 Å². The Hall–Kier alpha value is -4.19. The molecule has 0 fully saturated rings. The summed E-state index contributed by atoms with van der Waals surface area (Å²) >= 11 is 0. The highest BCUT2D eigenvalue weighted by atomic mass is 16.5. The lowest BCUT2D eigenvalue weighted by Gasteiger charge is -2.17. The van der Waals surface area contributed by atoms with Crippen LogP contribution >= 0.6 is 0 Å². The van der Waals surface area contributed by atoms with Crippen LogP contribution in [0.2, 0.25) is 0 Å². The Kier molecular flexibility index (Phi) is 6.82. The maximum Gasteiger partial charge on any atom is 0.289 e. The van der Waals surface area contributed by atoms with E-state index in [0.717, 1.165) is 22.3 Å². The van der Waals surface area contributed by atoms with Crippen LogP contribution in [-0.2, 0) is 0 Å². The van der Waals surface area contributed by atoms with Gasteiger partial charge >= 0.3 is 0 Å². The van der Waals surface area contributed by atoms with Gasteiger partial charge in [0.05, 0.1) is 0 Å². The van der Waals surface area contributed by atoms with Gasteiger partial charge in [-0.05, 0) is 53.3 Å². The maximum atomic E-state index is 13.0. The molecule has 0 saturated heterocycles. The normalized spacial score (nSPS) is 11.2. The molecule has 6 heteroatoms. The fourth-order valence-electron chi connectivity index (χ4n) is 3.59. The summed E-state index contributed by atoms with van der Waals surface area (Å²) in [6.07, 6.45) is 0. The molecule has 1 heterocycles. The molecule has 4 aromatic rings. The van der Waals surface area contributed by atoms with Crippen LogP contribution in [0.15, 0.2) is 83.4 Å². The molecule has 0 spiro atoms. The SMILES string of the molecule is Cc1ccc(NC(=O)c2cccc(-c3ccccc3)c2)cc1-c1cc(C(=O)NCC(C)(C)C)on1. The van der Waals surface area contributed by atoms with Gasteiger partial charge in [-0.3, -0.25) is 9.59 Å². The van der Waals surface area contributed by atoms with Crippen LogP contribution in [0.1, 0.15) is 47.2 Å². The number of benzene rings is 3. The Balaban J connectivity index is 1.51. The van der Waals surface area contributed by atoms with E-state index in [4.69, 9.17) is 4.52 Å². The lowest BCUT2D eigenvalue weighted by molar-refractivity contribution is 0.0902. The molecule has 0 aliphatic rings. The van der Waals surface area contributed by atoms with Crippen LogP contribution in [0.25, 0.3) is 22.4 Å². The molecule has 0 atom stereocenters. The minimum absolute atomic E-state index is 0.0394. The number of hydrogen-bond donors (Lipinski definition) is 2. The van der Waals surface area contributed by atoms with Crippen LogP contribution in [0.5, 0.6) is 0 Å². The fraction of sp³-hybridized carbons (Fsp3) is 0.207. The van der Waals surface area contributed by atoms with E-state index in [1.807, 2.05) is 94.4 Å². The van der Waals surface area contributed by atoms with Gasteiger partial charge in [-0.2, -0.15) is 0 Å². The Morgan fingerprint density at radius 3 is 2.34 bits per heavy atom. The summed E-state index contributed by atoms with van der Waals surface area (Å²) in [4.78, 5) is 25.4. The van der Waals surface area contributed by atoms with Crippen molar-refractivity contribution < 1.29 is 14.1 Å². The summed E-state index contributed by atoms with van der Waals surface area (Å²) < 4.78 is 5.30. The lowest BCUT2D eigenvalue weighted by atomic mass is 9.97. The summed E-state index contributed by atoms with van der Waals surface area (Å²) in [5.74, 6) is -0.366. The first-order valence-electron chi connectivity index (χ1n) is 11.5. The lowest BCUT2D eigenvalue weighted by Crippen LogP contribution is -2.31. The molecule has 178 valence electrons. The number of rotatable bonds is 6. The molecule has 2 N–H and O–H groups in total. The van der Waals surface area contributed by atoms with Crippen LogP contribution in [-0.4, -0.2) is 23.5 Å². The molecule has 0 radical (unpaired) electrons. The molecular formula is C29H29N3O3. The number of nitrogens with zero attached hydrogens (tertiary/aromatic N) is 1. The van der Waals surface area contributed by atoms with Crippen LogP contribution in [0.3, 0.4) is 0 Å². The number of aromatic nitrogens is 1. The smallest absolute Gasteiger partial charge is 0.289 e. The van der Waals surface area contributed by atoms with Gasteiger partial charge in [0.2, 0.25) is 5.76 Å². The third-order valence-corrected chi connectivity index (χ3v) is 5.52. The van der Waals surface area contributed by atoms with E-state index in [1.165, 1.54) is 0 Å². The second kappa shape index (κ2) is 9.97. The van der Waals surface area contributed by atoms with Gasteiger partial charge in [0.25, 0.3) is 11.8 Å². The van der Waals surface area contributed by atoms with E-state index < -0.39 is 0 Å². The molecular weight excluding hydrogens is 438 g/mol. The zero-order valence-electron chi connectivity index (χ0n) is 20.4. The van der Waals surface area contributed by atoms with Crippen molar-refractivity contribution in [3.05, 3.63) is 95.7 Å². The molecule has 4 rings (SSSR count). The average Bonchev–Trinajstić information content (AvgIpc) is 3.34. The summed E-state index contributed by atoms with van der Waals surface area (Å²) in [6, 6.07) is 24.7. The van der Waals surface area contributed by atoms with Crippen LogP contribution in [0, 0.1) is 12.3 Å². The summed E-state index contributed by atoms with van der Waals surface area (Å²) in [5, 5.41) is 9.91. The van der Waals surface area contributed by atoms with Gasteiger partial charge in [-0.25, -0.2) is 0 Å². The molecule has 2 amide bonds. The van der Waals surface area contributed by atoms with Crippen molar-refractivity contribution in [1.82, 2.24) is 10.5 Å². The van der Waals surface area contributed by atoms with Crippen molar-refractivity contribution in [2.45, 2.75) is 27.7 Å². The molecule has 0 unspecified atom stereocenters. The Labute approximate surface area is 205 Å². The number of aryl methyl sites for hydroxylation is 1. The summed E-state index contributed by atoms with van der Waals surface area (Å²) in [7, 11) is 0. The molecule has 0 saturated carbocycles. The average molecular weight is 468 g/mol. The quantitative estimate of drug-likeness (QED) is 0.346. The second-order valence-electron chi connectivity index (χ2n) is 9.75. The van der Waals surface area contributed by atoms with E-state index in [1.54, 1.807) is 12.1 Å². The number of carbonyl (C=O) groups excluding carboxylic acids is 2. The third kappa shape index (κ3) is 6.03. The van der Waals surface area contributed by atoms with E-state index in [2.05, 4.69) is 15.8 Å². The van der Waals surface area contributed by atoms with Crippen molar-refractivity contribution in [1.29, 1.82) is 0 Å². The standard InChI is InChI=1S/C29H29N3O3/c1-19-13-14-23(16-24(19)25-17-26(35-32-25)28(34)30-18-29(2,3)4)31-27(33)22-12-8-11-21(15-22)20-9-6-5-7-10-20/h5-17H,18H2,1-4H3,(H,30,34)(H,31,33). The van der Waals surface area contributed by atoms with Gasteiger partial charge in [0.15, 0.2) is 0 Å². The highest BCUT2D eigenvalue weighted by Crippen LogP contribution is 2.27. The zero-order valence-corrected chi connectivity index (χ0v) is 20.4. The molecule has 3 aromatic carbocycles. The van der Waals surface area contributed by atoms with Gasteiger partial charge < -0.3 is 15.2 Å². The van der Waals surface area contributed by atoms with E-state index >= 15 is 0 Å². The highest BCUT2D eigenvalue weighted by molar-refractivity contribution is 6.05. The summed E-state index contributed by atoms with van der Waals surface area (Å²) in [6.45, 7) is 8.59. The highest BCUT2D eigenvalue weighted by Gasteiger charge is 2.18. The fourth-order valence-corrected chi connectivity index (χ4v) is 3.59. The number of anilines is 1. The monoisotopic (exact) mass is 467 g/mol. The van der Waals surface area contributed by atoms with E-state index in [-0.39, 0.29) is 23.0 Å². The first-order chi connectivity index (χ1) is 16.7. The van der Waals surface area contributed by atoms with Crippen molar-refractivity contribution >= 4 is 17.5 Å². The third-order valence-electron chi connectivity index (χ3n) is 5.52. The second-order valence-corrected chi connectivity index (χ2v) is 9.75. The van der Waals surface area contributed by atoms with Crippen molar-refractivity contribution in [3.8, 4) is 22.4 Å². The van der Waals surface area contributed by atoms with E-state index in [0.29, 0.717) is 23.5 Å². The van der Waals surface area contributed by atoms with Gasteiger partial charge in [0.1, 0.15) is 5.69 Å². The first-order valence-corrected chi connectivity index (χ1v) is 11.5. The Morgan fingerprint density at radius 2 is 1.60 bits per heavy atom. The minimum atomic E-state index is -0.306. The first kappa shape index (κ1) is 24.0.